The molecule has 5 heteroatoms. The van der Waals surface area contributed by atoms with Crippen molar-refractivity contribution in [2.45, 2.75) is 26.0 Å². The molecule has 2 aromatic rings. The van der Waals surface area contributed by atoms with Crippen LogP contribution in [0.4, 0.5) is 0 Å². The minimum Gasteiger partial charge on any atom is -0.497 e. The van der Waals surface area contributed by atoms with E-state index in [4.69, 9.17) is 14.2 Å². The second-order valence-corrected chi connectivity index (χ2v) is 6.47. The third kappa shape index (κ3) is 5.58. The van der Waals surface area contributed by atoms with Crippen molar-refractivity contribution in [3.8, 4) is 11.6 Å². The van der Waals surface area contributed by atoms with Crippen LogP contribution in [0.2, 0.25) is 0 Å². The molecule has 1 aliphatic rings. The van der Waals surface area contributed by atoms with Crippen LogP contribution in [-0.2, 0) is 11.3 Å². The molecule has 0 radical (unpaired) electrons. The highest BCUT2D eigenvalue weighted by atomic mass is 16.5. The van der Waals surface area contributed by atoms with E-state index >= 15 is 0 Å². The SMILES string of the molecule is COc1ccc(/C=C(/C)CNCc2ccnc(OC3CCOC3)c2)cc1. The van der Waals surface area contributed by atoms with Crippen LogP contribution < -0.4 is 14.8 Å². The highest BCUT2D eigenvalue weighted by molar-refractivity contribution is 5.53. The van der Waals surface area contributed by atoms with Gasteiger partial charge in [0.2, 0.25) is 5.88 Å². The molecule has 1 N–H and O–H groups in total. The lowest BCUT2D eigenvalue weighted by Crippen LogP contribution is -2.18. The molecule has 1 aromatic heterocycles. The standard InChI is InChI=1S/C21H26N2O3/c1-16(11-17-3-5-19(24-2)6-4-17)13-22-14-18-7-9-23-21(12-18)26-20-8-10-25-15-20/h3-7,9,11-12,20,22H,8,10,13-15H2,1-2H3/b16-11-. The highest BCUT2D eigenvalue weighted by Gasteiger charge is 2.17. The number of nitrogens with one attached hydrogen (secondary N) is 1. The van der Waals surface area contributed by atoms with Crippen molar-refractivity contribution in [1.29, 1.82) is 0 Å². The quantitative estimate of drug-likeness (QED) is 0.787. The zero-order valence-electron chi connectivity index (χ0n) is 15.4. The first kappa shape index (κ1) is 18.4. The van der Waals surface area contributed by atoms with Crippen LogP contribution in [0.25, 0.3) is 6.08 Å². The zero-order chi connectivity index (χ0) is 18.2. The summed E-state index contributed by atoms with van der Waals surface area (Å²) in [5.41, 5.74) is 3.60. The Morgan fingerprint density at radius 3 is 2.88 bits per heavy atom. The number of rotatable bonds is 8. The molecule has 0 bridgehead atoms. The molecule has 1 unspecified atom stereocenters. The van der Waals surface area contributed by atoms with Gasteiger partial charge in [0.1, 0.15) is 11.9 Å². The van der Waals surface area contributed by atoms with E-state index in [-0.39, 0.29) is 6.10 Å². The van der Waals surface area contributed by atoms with Gasteiger partial charge in [0.15, 0.2) is 0 Å². The van der Waals surface area contributed by atoms with E-state index in [0.717, 1.165) is 37.4 Å². The number of benzene rings is 1. The molecule has 1 fully saturated rings. The second kappa shape index (κ2) is 9.36. The van der Waals surface area contributed by atoms with Gasteiger partial charge in [-0.2, -0.15) is 0 Å². The number of nitrogens with zero attached hydrogens (tertiary/aromatic N) is 1. The molecule has 26 heavy (non-hydrogen) atoms. The lowest BCUT2D eigenvalue weighted by molar-refractivity contribution is 0.138. The van der Waals surface area contributed by atoms with Crippen LogP contribution in [0.5, 0.6) is 11.6 Å². The molecule has 1 atom stereocenters. The predicted octanol–water partition coefficient (Wildman–Crippen LogP) is 3.45. The molecular weight excluding hydrogens is 328 g/mol. The summed E-state index contributed by atoms with van der Waals surface area (Å²) in [5, 5.41) is 3.46. The predicted molar refractivity (Wildman–Crippen MR) is 102 cm³/mol. The lowest BCUT2D eigenvalue weighted by atomic mass is 10.1. The molecule has 5 nitrogen and oxygen atoms in total. The molecular formula is C21H26N2O3. The number of aromatic nitrogens is 1. The van der Waals surface area contributed by atoms with Gasteiger partial charge in [-0.3, -0.25) is 0 Å². The van der Waals surface area contributed by atoms with Crippen molar-refractivity contribution in [1.82, 2.24) is 10.3 Å². The molecule has 138 valence electrons. The minimum absolute atomic E-state index is 0.125. The third-order valence-corrected chi connectivity index (χ3v) is 4.24. The summed E-state index contributed by atoms with van der Waals surface area (Å²) in [6.07, 6.45) is 5.02. The average molecular weight is 354 g/mol. The van der Waals surface area contributed by atoms with Crippen molar-refractivity contribution in [2.75, 3.05) is 26.9 Å². The number of pyridine rings is 1. The van der Waals surface area contributed by atoms with Crippen LogP contribution in [0.3, 0.4) is 0 Å². The summed E-state index contributed by atoms with van der Waals surface area (Å²) in [6, 6.07) is 12.1. The molecule has 0 aliphatic carbocycles. The van der Waals surface area contributed by atoms with Crippen LogP contribution in [-0.4, -0.2) is 38.0 Å². The normalized spacial score (nSPS) is 17.3. The van der Waals surface area contributed by atoms with E-state index in [0.29, 0.717) is 12.5 Å². The van der Waals surface area contributed by atoms with Crippen molar-refractivity contribution in [3.05, 3.63) is 59.3 Å². The summed E-state index contributed by atoms with van der Waals surface area (Å²) >= 11 is 0. The van der Waals surface area contributed by atoms with Gasteiger partial charge < -0.3 is 19.5 Å². The van der Waals surface area contributed by atoms with Crippen molar-refractivity contribution < 1.29 is 14.2 Å². The number of hydrogen-bond donors (Lipinski definition) is 1. The van der Waals surface area contributed by atoms with E-state index in [1.165, 1.54) is 11.1 Å². The Morgan fingerprint density at radius 2 is 2.15 bits per heavy atom. The minimum atomic E-state index is 0.125. The van der Waals surface area contributed by atoms with Gasteiger partial charge in [-0.15, -0.1) is 0 Å². The summed E-state index contributed by atoms with van der Waals surface area (Å²) in [6.45, 7) is 5.14. The molecule has 3 rings (SSSR count). The number of ether oxygens (including phenoxy) is 3. The van der Waals surface area contributed by atoms with Crippen molar-refractivity contribution in [2.24, 2.45) is 0 Å². The molecule has 2 heterocycles. The largest absolute Gasteiger partial charge is 0.497 e. The van der Waals surface area contributed by atoms with E-state index < -0.39 is 0 Å². The van der Waals surface area contributed by atoms with Crippen LogP contribution >= 0.6 is 0 Å². The fourth-order valence-corrected chi connectivity index (χ4v) is 2.84. The Balaban J connectivity index is 1.48. The summed E-state index contributed by atoms with van der Waals surface area (Å²) in [5.74, 6) is 1.54. The maximum absolute atomic E-state index is 5.86. The maximum atomic E-state index is 5.86. The van der Waals surface area contributed by atoms with Gasteiger partial charge in [0, 0.05) is 31.8 Å². The molecule has 0 saturated carbocycles. The van der Waals surface area contributed by atoms with Gasteiger partial charge in [0.05, 0.1) is 20.3 Å². The van der Waals surface area contributed by atoms with Crippen molar-refractivity contribution >= 4 is 6.08 Å². The third-order valence-electron chi connectivity index (χ3n) is 4.24. The number of hydrogen-bond acceptors (Lipinski definition) is 5. The van der Waals surface area contributed by atoms with Gasteiger partial charge in [-0.1, -0.05) is 23.8 Å². The van der Waals surface area contributed by atoms with Gasteiger partial charge in [0.25, 0.3) is 0 Å². The maximum Gasteiger partial charge on any atom is 0.213 e. The van der Waals surface area contributed by atoms with E-state index in [1.54, 1.807) is 13.3 Å². The van der Waals surface area contributed by atoms with Crippen LogP contribution in [0, 0.1) is 0 Å². The van der Waals surface area contributed by atoms with Crippen LogP contribution in [0.15, 0.2) is 48.2 Å². The fraction of sp³-hybridized carbons (Fsp3) is 0.381. The smallest absolute Gasteiger partial charge is 0.213 e. The molecule has 1 aromatic carbocycles. The van der Waals surface area contributed by atoms with Gasteiger partial charge in [-0.25, -0.2) is 4.98 Å². The Kier molecular flexibility index (Phi) is 6.63. The topological polar surface area (TPSA) is 52.6 Å². The molecule has 1 saturated heterocycles. The summed E-state index contributed by atoms with van der Waals surface area (Å²) in [4.78, 5) is 4.29. The fourth-order valence-electron chi connectivity index (χ4n) is 2.84. The average Bonchev–Trinajstić information content (AvgIpc) is 3.16. The summed E-state index contributed by atoms with van der Waals surface area (Å²) < 4.78 is 16.4. The summed E-state index contributed by atoms with van der Waals surface area (Å²) in [7, 11) is 1.68. The Bertz CT molecular complexity index is 722. The van der Waals surface area contributed by atoms with E-state index in [9.17, 15) is 0 Å². The lowest BCUT2D eigenvalue weighted by Gasteiger charge is -2.12. The molecule has 1 aliphatic heterocycles. The first-order valence-corrected chi connectivity index (χ1v) is 8.94. The molecule has 0 amide bonds. The Hall–Kier alpha value is -2.37. The Morgan fingerprint density at radius 1 is 1.31 bits per heavy atom. The number of methoxy groups -OCH3 is 1. The van der Waals surface area contributed by atoms with Crippen molar-refractivity contribution in [3.63, 3.8) is 0 Å². The van der Waals surface area contributed by atoms with E-state index in [1.807, 2.05) is 24.3 Å². The van der Waals surface area contributed by atoms with Crippen LogP contribution in [0.1, 0.15) is 24.5 Å². The first-order chi connectivity index (χ1) is 12.7. The van der Waals surface area contributed by atoms with Gasteiger partial charge >= 0.3 is 0 Å². The Labute approximate surface area is 155 Å². The first-order valence-electron chi connectivity index (χ1n) is 8.94. The van der Waals surface area contributed by atoms with E-state index in [2.05, 4.69) is 35.4 Å². The molecule has 0 spiro atoms. The monoisotopic (exact) mass is 354 g/mol. The second-order valence-electron chi connectivity index (χ2n) is 6.47. The van der Waals surface area contributed by atoms with Gasteiger partial charge in [-0.05, 0) is 36.2 Å². The highest BCUT2D eigenvalue weighted by Crippen LogP contribution is 2.16. The zero-order valence-corrected chi connectivity index (χ0v) is 15.4.